The van der Waals surface area contributed by atoms with Crippen LogP contribution in [0.15, 0.2) is 0 Å². The van der Waals surface area contributed by atoms with Gasteiger partial charge < -0.3 is 9.47 Å². The first-order valence-electron chi connectivity index (χ1n) is 8.83. The highest BCUT2D eigenvalue weighted by Gasteiger charge is 2.55. The van der Waals surface area contributed by atoms with Gasteiger partial charge in [0.15, 0.2) is 5.41 Å². The van der Waals surface area contributed by atoms with Crippen molar-refractivity contribution in [3.05, 3.63) is 0 Å². The van der Waals surface area contributed by atoms with Crippen molar-refractivity contribution >= 4 is 11.9 Å². The summed E-state index contributed by atoms with van der Waals surface area (Å²) in [6.07, 6.45) is 6.02. The minimum atomic E-state index is -1.10. The van der Waals surface area contributed by atoms with E-state index in [-0.39, 0.29) is 23.8 Å². The molecule has 1 aliphatic rings. The van der Waals surface area contributed by atoms with E-state index >= 15 is 0 Å². The Hall–Kier alpha value is -1.06. The smallest absolute Gasteiger partial charge is 0.323 e. The minimum absolute atomic E-state index is 0.0589. The van der Waals surface area contributed by atoms with E-state index in [4.69, 9.17) is 9.47 Å². The molecular weight excluding hydrogens is 280 g/mol. The van der Waals surface area contributed by atoms with Gasteiger partial charge in [0.25, 0.3) is 0 Å². The Morgan fingerprint density at radius 1 is 1.00 bits per heavy atom. The summed E-state index contributed by atoms with van der Waals surface area (Å²) < 4.78 is 10.9. The maximum Gasteiger partial charge on any atom is 0.323 e. The van der Waals surface area contributed by atoms with Crippen LogP contribution in [0.3, 0.4) is 0 Å². The zero-order valence-corrected chi connectivity index (χ0v) is 14.7. The number of carbonyl (C=O) groups excluding carboxylic acids is 2. The predicted octanol–water partition coefficient (Wildman–Crippen LogP) is 4.12. The fourth-order valence-electron chi connectivity index (χ4n) is 3.46. The first kappa shape index (κ1) is 19.0. The molecule has 0 radical (unpaired) electrons. The number of ether oxygens (including phenoxy) is 2. The molecule has 0 atom stereocenters. The maximum absolute atomic E-state index is 12.8. The second-order valence-corrected chi connectivity index (χ2v) is 6.82. The van der Waals surface area contributed by atoms with Gasteiger partial charge in [-0.2, -0.15) is 0 Å². The van der Waals surface area contributed by atoms with Gasteiger partial charge >= 0.3 is 11.9 Å². The van der Waals surface area contributed by atoms with E-state index in [2.05, 4.69) is 0 Å². The number of hydrogen-bond donors (Lipinski definition) is 0. The summed E-state index contributed by atoms with van der Waals surface area (Å²) in [4.78, 5) is 25.7. The van der Waals surface area contributed by atoms with Crippen molar-refractivity contribution in [3.8, 4) is 0 Å². The molecule has 1 rings (SSSR count). The molecule has 0 aromatic rings. The van der Waals surface area contributed by atoms with Crippen LogP contribution in [-0.2, 0) is 19.1 Å². The lowest BCUT2D eigenvalue weighted by atomic mass is 9.69. The van der Waals surface area contributed by atoms with Crippen LogP contribution in [0, 0.1) is 17.3 Å². The zero-order chi connectivity index (χ0) is 16.6. The van der Waals surface area contributed by atoms with Crippen LogP contribution in [0.1, 0.15) is 72.6 Å². The highest BCUT2D eigenvalue weighted by molar-refractivity contribution is 6.00. The summed E-state index contributed by atoms with van der Waals surface area (Å²) in [5.74, 6) is -0.431. The lowest BCUT2D eigenvalue weighted by Crippen LogP contribution is -2.48. The monoisotopic (exact) mass is 312 g/mol. The first-order valence-corrected chi connectivity index (χ1v) is 8.83. The molecule has 0 bridgehead atoms. The molecule has 1 saturated carbocycles. The molecule has 4 nitrogen and oxygen atoms in total. The standard InChI is InChI=1S/C18H32O4/c1-5-11-21-16(19)18(13-14(3)4,15-9-7-8-10-15)17(20)22-12-6-2/h14-15H,5-13H2,1-4H3. The third-order valence-electron chi connectivity index (χ3n) is 4.39. The van der Waals surface area contributed by atoms with E-state index in [9.17, 15) is 9.59 Å². The van der Waals surface area contributed by atoms with E-state index in [1.165, 1.54) is 0 Å². The van der Waals surface area contributed by atoms with Crippen LogP contribution in [0.5, 0.6) is 0 Å². The van der Waals surface area contributed by atoms with Gasteiger partial charge in [-0.25, -0.2) is 0 Å². The number of hydrogen-bond acceptors (Lipinski definition) is 4. The van der Waals surface area contributed by atoms with Crippen LogP contribution in [-0.4, -0.2) is 25.2 Å². The molecule has 0 aliphatic heterocycles. The van der Waals surface area contributed by atoms with Crippen LogP contribution in [0.4, 0.5) is 0 Å². The molecule has 0 aromatic heterocycles. The quantitative estimate of drug-likeness (QED) is 0.475. The normalized spacial score (nSPS) is 16.0. The Morgan fingerprint density at radius 2 is 1.45 bits per heavy atom. The van der Waals surface area contributed by atoms with Crippen molar-refractivity contribution in [2.75, 3.05) is 13.2 Å². The van der Waals surface area contributed by atoms with Gasteiger partial charge in [0.05, 0.1) is 13.2 Å². The highest BCUT2D eigenvalue weighted by Crippen LogP contribution is 2.46. The molecule has 4 heteroatoms. The Bertz CT molecular complexity index is 336. The molecule has 1 aliphatic carbocycles. The van der Waals surface area contributed by atoms with Crippen LogP contribution in [0.2, 0.25) is 0 Å². The molecule has 0 heterocycles. The Balaban J connectivity index is 3.09. The fraction of sp³-hybridized carbons (Fsp3) is 0.889. The molecule has 0 amide bonds. The van der Waals surface area contributed by atoms with Crippen LogP contribution in [0.25, 0.3) is 0 Å². The summed E-state index contributed by atoms with van der Waals surface area (Å²) in [7, 11) is 0. The second kappa shape index (κ2) is 9.16. The SMILES string of the molecule is CCCOC(=O)C(CC(C)C)(C(=O)OCCC)C1CCCC1. The van der Waals surface area contributed by atoms with Gasteiger partial charge in [-0.05, 0) is 43.9 Å². The van der Waals surface area contributed by atoms with Crippen molar-refractivity contribution in [3.63, 3.8) is 0 Å². The van der Waals surface area contributed by atoms with Gasteiger partial charge in [0.2, 0.25) is 0 Å². The van der Waals surface area contributed by atoms with E-state index in [0.717, 1.165) is 38.5 Å². The number of esters is 2. The average Bonchev–Trinajstić information content (AvgIpc) is 3.01. The predicted molar refractivity (Wildman–Crippen MR) is 86.3 cm³/mol. The summed E-state index contributed by atoms with van der Waals surface area (Å²) in [6, 6.07) is 0. The molecule has 22 heavy (non-hydrogen) atoms. The van der Waals surface area contributed by atoms with Crippen molar-refractivity contribution in [1.82, 2.24) is 0 Å². The molecule has 0 spiro atoms. The van der Waals surface area contributed by atoms with E-state index in [1.54, 1.807) is 0 Å². The van der Waals surface area contributed by atoms with Crippen molar-refractivity contribution in [2.45, 2.75) is 72.6 Å². The van der Waals surface area contributed by atoms with Crippen LogP contribution >= 0.6 is 0 Å². The van der Waals surface area contributed by atoms with Crippen molar-refractivity contribution < 1.29 is 19.1 Å². The number of carbonyl (C=O) groups is 2. The van der Waals surface area contributed by atoms with Crippen LogP contribution < -0.4 is 0 Å². The first-order chi connectivity index (χ1) is 10.5. The summed E-state index contributed by atoms with van der Waals surface area (Å²) in [6.45, 7) is 8.75. The van der Waals surface area contributed by atoms with Crippen molar-refractivity contribution in [2.24, 2.45) is 17.3 Å². The zero-order valence-electron chi connectivity index (χ0n) is 14.7. The molecule has 0 saturated heterocycles. The maximum atomic E-state index is 12.8. The van der Waals surface area contributed by atoms with Gasteiger partial charge in [-0.1, -0.05) is 40.5 Å². The second-order valence-electron chi connectivity index (χ2n) is 6.82. The molecule has 0 aromatic carbocycles. The third kappa shape index (κ3) is 4.47. The van der Waals surface area contributed by atoms with Gasteiger partial charge in [0.1, 0.15) is 0 Å². The Morgan fingerprint density at radius 3 is 1.82 bits per heavy atom. The lowest BCUT2D eigenvalue weighted by molar-refractivity contribution is -0.179. The summed E-state index contributed by atoms with van der Waals surface area (Å²) in [5, 5.41) is 0. The van der Waals surface area contributed by atoms with E-state index < -0.39 is 5.41 Å². The Labute approximate surface area is 134 Å². The molecular formula is C18H32O4. The molecule has 1 fully saturated rings. The third-order valence-corrected chi connectivity index (χ3v) is 4.39. The summed E-state index contributed by atoms with van der Waals surface area (Å²) in [5.41, 5.74) is -1.10. The average molecular weight is 312 g/mol. The fourth-order valence-corrected chi connectivity index (χ4v) is 3.46. The molecule has 0 N–H and O–H groups in total. The topological polar surface area (TPSA) is 52.6 Å². The van der Waals surface area contributed by atoms with Gasteiger partial charge in [0, 0.05) is 0 Å². The molecule has 128 valence electrons. The minimum Gasteiger partial charge on any atom is -0.465 e. The highest BCUT2D eigenvalue weighted by atomic mass is 16.6. The Kier molecular flexibility index (Phi) is 7.91. The number of rotatable bonds is 9. The summed E-state index contributed by atoms with van der Waals surface area (Å²) >= 11 is 0. The largest absolute Gasteiger partial charge is 0.465 e. The van der Waals surface area contributed by atoms with Gasteiger partial charge in [-0.3, -0.25) is 9.59 Å². The molecule has 0 unspecified atom stereocenters. The van der Waals surface area contributed by atoms with E-state index in [0.29, 0.717) is 19.6 Å². The lowest BCUT2D eigenvalue weighted by Gasteiger charge is -2.35. The van der Waals surface area contributed by atoms with Crippen molar-refractivity contribution in [1.29, 1.82) is 0 Å². The van der Waals surface area contributed by atoms with Gasteiger partial charge in [-0.15, -0.1) is 0 Å². The van der Waals surface area contributed by atoms with E-state index in [1.807, 2.05) is 27.7 Å².